The van der Waals surface area contributed by atoms with E-state index in [1.807, 2.05) is 36.4 Å². The van der Waals surface area contributed by atoms with Crippen LogP contribution in [0.1, 0.15) is 23.3 Å². The first-order chi connectivity index (χ1) is 16.7. The van der Waals surface area contributed by atoms with Gasteiger partial charge in [0.1, 0.15) is 36.1 Å². The van der Waals surface area contributed by atoms with Gasteiger partial charge in [0, 0.05) is 23.6 Å². The molecule has 0 aliphatic carbocycles. The van der Waals surface area contributed by atoms with E-state index in [0.29, 0.717) is 23.5 Å². The molecule has 1 fully saturated rings. The van der Waals surface area contributed by atoms with Crippen molar-refractivity contribution < 1.29 is 24.8 Å². The number of nitrogens with zero attached hydrogens (tertiary/aromatic N) is 4. The van der Waals surface area contributed by atoms with Crippen molar-refractivity contribution in [1.29, 1.82) is 0 Å². The lowest BCUT2D eigenvalue weighted by Crippen LogP contribution is -2.33. The third-order valence-corrected chi connectivity index (χ3v) is 6.43. The summed E-state index contributed by atoms with van der Waals surface area (Å²) in [6.07, 6.45) is -1.34. The summed E-state index contributed by atoms with van der Waals surface area (Å²) in [4.78, 5) is 13.1. The van der Waals surface area contributed by atoms with Gasteiger partial charge < -0.3 is 30.1 Å². The smallest absolute Gasteiger partial charge is 0.167 e. The molecule has 34 heavy (non-hydrogen) atoms. The Morgan fingerprint density at radius 2 is 1.62 bits per heavy atom. The van der Waals surface area contributed by atoms with Gasteiger partial charge in [-0.05, 0) is 12.1 Å². The fraction of sp³-hybridized carbons (Fsp3) is 0.292. The molecule has 2 aromatic heterocycles. The lowest BCUT2D eigenvalue weighted by Gasteiger charge is -2.28. The van der Waals surface area contributed by atoms with Crippen LogP contribution in [0.5, 0.6) is 11.5 Å². The standard InChI is InChI=1S/C24H23N5O5/c30-10-18-20(31)21(32)24(34-18)29-12-28-19-22(26-11-27-23(19)29)25-9-15-13-5-1-3-7-16(13)33-17-8-4-2-6-14(15)17/h1-8,11-12,15,18,20-21,24,30-32H,9-10H2,(H,25,26,27)/t18-,20-,21-,24?/m1/s1. The van der Waals surface area contributed by atoms with E-state index in [-0.39, 0.29) is 5.92 Å². The number of fused-ring (bicyclic) bond motifs is 3. The normalized spacial score (nSPS) is 24.0. The largest absolute Gasteiger partial charge is 0.457 e. The minimum Gasteiger partial charge on any atom is -0.457 e. The van der Waals surface area contributed by atoms with Crippen LogP contribution in [0.3, 0.4) is 0 Å². The van der Waals surface area contributed by atoms with Gasteiger partial charge in [0.2, 0.25) is 0 Å². The molecule has 4 heterocycles. The maximum Gasteiger partial charge on any atom is 0.167 e. The molecule has 0 radical (unpaired) electrons. The van der Waals surface area contributed by atoms with E-state index in [9.17, 15) is 15.3 Å². The zero-order valence-corrected chi connectivity index (χ0v) is 18.0. The number of aliphatic hydroxyl groups is 3. The summed E-state index contributed by atoms with van der Waals surface area (Å²) in [7, 11) is 0. The van der Waals surface area contributed by atoms with Crippen molar-refractivity contribution >= 4 is 17.0 Å². The number of para-hydroxylation sites is 2. The molecule has 10 heteroatoms. The molecule has 2 aromatic carbocycles. The summed E-state index contributed by atoms with van der Waals surface area (Å²) < 4.78 is 13.3. The Morgan fingerprint density at radius 1 is 0.912 bits per heavy atom. The molecule has 1 unspecified atom stereocenters. The van der Waals surface area contributed by atoms with E-state index in [1.165, 1.54) is 12.7 Å². The van der Waals surface area contributed by atoms with Crippen molar-refractivity contribution in [1.82, 2.24) is 19.5 Å². The Morgan fingerprint density at radius 3 is 2.29 bits per heavy atom. The van der Waals surface area contributed by atoms with E-state index >= 15 is 0 Å². The lowest BCUT2D eigenvalue weighted by atomic mass is 9.88. The Bertz CT molecular complexity index is 1300. The molecule has 4 atom stereocenters. The minimum atomic E-state index is -1.23. The van der Waals surface area contributed by atoms with Crippen LogP contribution < -0.4 is 10.1 Å². The van der Waals surface area contributed by atoms with Crippen LogP contribution in [-0.4, -0.2) is 66.3 Å². The van der Waals surface area contributed by atoms with Gasteiger partial charge in [-0.2, -0.15) is 0 Å². The second kappa shape index (κ2) is 8.33. The van der Waals surface area contributed by atoms with Crippen molar-refractivity contribution in [2.45, 2.75) is 30.5 Å². The summed E-state index contributed by atoms with van der Waals surface area (Å²) in [6.45, 7) is 0.140. The molecule has 2 aliphatic heterocycles. The molecular weight excluding hydrogens is 438 g/mol. The number of ether oxygens (including phenoxy) is 2. The van der Waals surface area contributed by atoms with Gasteiger partial charge in [-0.25, -0.2) is 15.0 Å². The molecule has 2 aliphatic rings. The van der Waals surface area contributed by atoms with Crippen LogP contribution in [0, 0.1) is 0 Å². The predicted molar refractivity (Wildman–Crippen MR) is 122 cm³/mol. The van der Waals surface area contributed by atoms with Gasteiger partial charge in [0.05, 0.1) is 12.9 Å². The molecule has 0 amide bonds. The number of hydrogen-bond acceptors (Lipinski definition) is 9. The first-order valence-corrected chi connectivity index (χ1v) is 11.0. The Hall–Kier alpha value is -3.57. The highest BCUT2D eigenvalue weighted by Crippen LogP contribution is 2.44. The summed E-state index contributed by atoms with van der Waals surface area (Å²) in [5.41, 5.74) is 3.11. The van der Waals surface area contributed by atoms with Crippen molar-refractivity contribution in [3.63, 3.8) is 0 Å². The number of rotatable bonds is 5. The van der Waals surface area contributed by atoms with Crippen LogP contribution in [0.4, 0.5) is 5.82 Å². The molecule has 0 saturated carbocycles. The molecule has 4 N–H and O–H groups in total. The first kappa shape index (κ1) is 21.0. The van der Waals surface area contributed by atoms with Crippen LogP contribution in [0.2, 0.25) is 0 Å². The number of aliphatic hydroxyl groups excluding tert-OH is 3. The zero-order valence-electron chi connectivity index (χ0n) is 18.0. The zero-order chi connectivity index (χ0) is 23.2. The minimum absolute atomic E-state index is 0.0358. The van der Waals surface area contributed by atoms with E-state index < -0.39 is 31.1 Å². The van der Waals surface area contributed by atoms with Crippen LogP contribution in [-0.2, 0) is 4.74 Å². The SMILES string of the molecule is OC[C@H]1OC(n2cnc3c(NCC4c5ccccc5Oc5ccccc54)ncnc32)[C@H](O)[C@@H]1O. The Balaban J connectivity index is 1.31. The van der Waals surface area contributed by atoms with Gasteiger partial charge >= 0.3 is 0 Å². The van der Waals surface area contributed by atoms with E-state index in [2.05, 4.69) is 32.4 Å². The van der Waals surface area contributed by atoms with Crippen LogP contribution >= 0.6 is 0 Å². The monoisotopic (exact) mass is 461 g/mol. The maximum absolute atomic E-state index is 10.4. The number of hydrogen-bond donors (Lipinski definition) is 4. The van der Waals surface area contributed by atoms with Gasteiger partial charge in [-0.1, -0.05) is 36.4 Å². The number of imidazole rings is 1. The molecule has 0 spiro atoms. The summed E-state index contributed by atoms with van der Waals surface area (Å²) in [6, 6.07) is 15.9. The number of benzene rings is 2. The van der Waals surface area contributed by atoms with Gasteiger partial charge in [-0.3, -0.25) is 4.57 Å². The fourth-order valence-electron chi connectivity index (χ4n) is 4.70. The third kappa shape index (κ3) is 3.31. The third-order valence-electron chi connectivity index (χ3n) is 6.43. The summed E-state index contributed by atoms with van der Waals surface area (Å²) in [5.74, 6) is 2.23. The van der Waals surface area contributed by atoms with Gasteiger partial charge in [0.25, 0.3) is 0 Å². The number of aromatic nitrogens is 4. The molecule has 1 saturated heterocycles. The van der Waals surface area contributed by atoms with Crippen molar-refractivity contribution in [2.75, 3.05) is 18.5 Å². The van der Waals surface area contributed by atoms with Crippen LogP contribution in [0.15, 0.2) is 61.2 Å². The van der Waals surface area contributed by atoms with Crippen molar-refractivity contribution in [3.8, 4) is 11.5 Å². The number of nitrogens with one attached hydrogen (secondary N) is 1. The van der Waals surface area contributed by atoms with Crippen molar-refractivity contribution in [2.24, 2.45) is 0 Å². The van der Waals surface area contributed by atoms with E-state index in [4.69, 9.17) is 9.47 Å². The fourth-order valence-corrected chi connectivity index (χ4v) is 4.70. The number of anilines is 1. The quantitative estimate of drug-likeness (QED) is 0.351. The van der Waals surface area contributed by atoms with E-state index in [1.54, 1.807) is 4.57 Å². The van der Waals surface area contributed by atoms with Crippen molar-refractivity contribution in [3.05, 3.63) is 72.3 Å². The highest BCUT2D eigenvalue weighted by molar-refractivity contribution is 5.82. The average Bonchev–Trinajstić information content (AvgIpc) is 3.42. The maximum atomic E-state index is 10.4. The van der Waals surface area contributed by atoms with E-state index in [0.717, 1.165) is 22.6 Å². The van der Waals surface area contributed by atoms with Gasteiger partial charge in [-0.15, -0.1) is 0 Å². The summed E-state index contributed by atoms with van der Waals surface area (Å²) in [5, 5.41) is 33.3. The molecule has 10 nitrogen and oxygen atoms in total. The highest BCUT2D eigenvalue weighted by Gasteiger charge is 2.44. The molecule has 0 bridgehead atoms. The average molecular weight is 461 g/mol. The first-order valence-electron chi connectivity index (χ1n) is 11.0. The van der Waals surface area contributed by atoms with Gasteiger partial charge in [0.15, 0.2) is 23.2 Å². The Labute approximate surface area is 194 Å². The predicted octanol–water partition coefficient (Wildman–Crippen LogP) is 1.79. The molecule has 6 rings (SSSR count). The summed E-state index contributed by atoms with van der Waals surface area (Å²) >= 11 is 0. The molecular formula is C24H23N5O5. The Kier molecular flexibility index (Phi) is 5.15. The second-order valence-electron chi connectivity index (χ2n) is 8.39. The topological polar surface area (TPSA) is 135 Å². The molecule has 4 aromatic rings. The van der Waals surface area contributed by atoms with Crippen LogP contribution in [0.25, 0.3) is 11.2 Å². The molecule has 174 valence electrons. The second-order valence-corrected chi connectivity index (χ2v) is 8.39. The lowest BCUT2D eigenvalue weighted by molar-refractivity contribution is -0.0511. The highest BCUT2D eigenvalue weighted by atomic mass is 16.6.